The van der Waals surface area contributed by atoms with Crippen molar-refractivity contribution in [3.8, 4) is 0 Å². The molecular weight excluding hydrogens is 592 g/mol. The Morgan fingerprint density at radius 1 is 0.810 bits per heavy atom. The number of alkyl halides is 2. The number of likely N-dealkylation sites (tertiary alicyclic amines) is 1. The minimum atomic E-state index is -2.50. The van der Waals surface area contributed by atoms with Crippen LogP contribution in [0, 0.1) is 5.82 Å². The number of benzene rings is 1. The summed E-state index contributed by atoms with van der Waals surface area (Å²) < 4.78 is 42.6. The van der Waals surface area contributed by atoms with Crippen LogP contribution >= 0.6 is 23.2 Å². The summed E-state index contributed by atoms with van der Waals surface area (Å²) >= 11 is 12.0. The van der Waals surface area contributed by atoms with Crippen LogP contribution in [0.3, 0.4) is 0 Å². The third kappa shape index (κ3) is 7.51. The van der Waals surface area contributed by atoms with Crippen LogP contribution in [0.4, 0.5) is 13.2 Å². The average molecular weight is 621 g/mol. The van der Waals surface area contributed by atoms with Crippen molar-refractivity contribution in [1.82, 2.24) is 49.3 Å². The third-order valence-corrected chi connectivity index (χ3v) is 7.65. The second-order valence-electron chi connectivity index (χ2n) is 10.1. The van der Waals surface area contributed by atoms with Gasteiger partial charge in [-0.05, 0) is 24.7 Å². The van der Waals surface area contributed by atoms with Crippen molar-refractivity contribution >= 4 is 45.3 Å². The molecule has 1 fully saturated rings. The highest BCUT2D eigenvalue weighted by molar-refractivity contribution is 6.34. The van der Waals surface area contributed by atoms with Crippen molar-refractivity contribution < 1.29 is 13.2 Å². The Kier molecular flexibility index (Phi) is 9.51. The smallest absolute Gasteiger partial charge is 0.250 e. The number of hydrogen-bond acceptors (Lipinski definition) is 8. The van der Waals surface area contributed by atoms with E-state index in [1.54, 1.807) is 29.2 Å². The maximum atomic E-state index is 13.1. The summed E-state index contributed by atoms with van der Waals surface area (Å²) in [6, 6.07) is 6.54. The van der Waals surface area contributed by atoms with E-state index >= 15 is 0 Å². The summed E-state index contributed by atoms with van der Waals surface area (Å²) in [5.41, 5.74) is 2.47. The number of aromatic nitrogens is 8. The first-order valence-electron chi connectivity index (χ1n) is 13.4. The monoisotopic (exact) mass is 620 g/mol. The molecule has 0 amide bonds. The van der Waals surface area contributed by atoms with Crippen LogP contribution in [0.2, 0.25) is 10.3 Å². The number of fused-ring (bicyclic) bond motifs is 2. The first kappa shape index (κ1) is 30.1. The van der Waals surface area contributed by atoms with Gasteiger partial charge in [0.05, 0.1) is 36.3 Å². The molecule has 1 aliphatic heterocycles. The lowest BCUT2D eigenvalue weighted by Gasteiger charge is -2.31. The number of hydrogen-bond donors (Lipinski definition) is 0. The highest BCUT2D eigenvalue weighted by Gasteiger charge is 2.33. The lowest BCUT2D eigenvalue weighted by molar-refractivity contribution is -0.0555. The SMILES string of the molecule is CN(CCn1ncc2c(Cl)ncnc21)Cc1ccc(F)cc1.FC1(F)CCN(CCn2ncc3c(Cl)ncnc32)CC1. The number of piperidine rings is 1. The molecule has 5 aromatic rings. The molecule has 0 aliphatic carbocycles. The fourth-order valence-electron chi connectivity index (χ4n) is 4.64. The number of nitrogens with zero attached hydrogens (tertiary/aromatic N) is 10. The predicted octanol–water partition coefficient (Wildman–Crippen LogP) is 4.96. The third-order valence-electron chi connectivity index (χ3n) is 7.04. The van der Waals surface area contributed by atoms with Crippen LogP contribution in [-0.2, 0) is 19.6 Å². The van der Waals surface area contributed by atoms with E-state index in [2.05, 4.69) is 35.0 Å². The molecule has 0 unspecified atom stereocenters. The lowest BCUT2D eigenvalue weighted by Crippen LogP contribution is -2.40. The average Bonchev–Trinajstić information content (AvgIpc) is 3.59. The van der Waals surface area contributed by atoms with Gasteiger partial charge in [-0.25, -0.2) is 42.5 Å². The van der Waals surface area contributed by atoms with Crippen molar-refractivity contribution in [3.63, 3.8) is 0 Å². The molecule has 0 atom stereocenters. The normalized spacial score (nSPS) is 15.3. The van der Waals surface area contributed by atoms with Crippen molar-refractivity contribution in [2.75, 3.05) is 33.2 Å². The van der Waals surface area contributed by atoms with Crippen molar-refractivity contribution in [1.29, 1.82) is 0 Å². The molecule has 0 spiro atoms. The van der Waals surface area contributed by atoms with Gasteiger partial charge >= 0.3 is 0 Å². The molecule has 6 rings (SSSR count). The van der Waals surface area contributed by atoms with E-state index in [0.29, 0.717) is 54.1 Å². The second-order valence-corrected chi connectivity index (χ2v) is 10.8. The predicted molar refractivity (Wildman–Crippen MR) is 154 cm³/mol. The molecule has 4 aromatic heterocycles. The van der Waals surface area contributed by atoms with Gasteiger partial charge in [0.15, 0.2) is 11.3 Å². The van der Waals surface area contributed by atoms with Gasteiger partial charge < -0.3 is 9.80 Å². The molecule has 1 saturated heterocycles. The summed E-state index contributed by atoms with van der Waals surface area (Å²) in [7, 11) is 2.01. The molecule has 10 nitrogen and oxygen atoms in total. The fourth-order valence-corrected chi connectivity index (χ4v) is 5.00. The molecule has 0 bridgehead atoms. The maximum absolute atomic E-state index is 13.1. The summed E-state index contributed by atoms with van der Waals surface area (Å²) in [5.74, 6) is -2.72. The van der Waals surface area contributed by atoms with Crippen LogP contribution < -0.4 is 0 Å². The molecule has 1 aromatic carbocycles. The molecule has 0 saturated carbocycles. The van der Waals surface area contributed by atoms with E-state index in [0.717, 1.165) is 29.7 Å². The molecule has 222 valence electrons. The Labute approximate surface area is 250 Å². The van der Waals surface area contributed by atoms with Crippen molar-refractivity contribution in [2.24, 2.45) is 0 Å². The minimum Gasteiger partial charge on any atom is -0.301 e. The van der Waals surface area contributed by atoms with Gasteiger partial charge in [-0.1, -0.05) is 35.3 Å². The van der Waals surface area contributed by atoms with Crippen LogP contribution in [0.1, 0.15) is 18.4 Å². The van der Waals surface area contributed by atoms with Crippen LogP contribution in [0.15, 0.2) is 49.3 Å². The number of halogens is 5. The summed E-state index contributed by atoms with van der Waals surface area (Å²) in [4.78, 5) is 20.4. The second kappa shape index (κ2) is 13.3. The molecule has 5 heterocycles. The number of rotatable bonds is 8. The fraction of sp³-hybridized carbons (Fsp3) is 0.407. The minimum absolute atomic E-state index is 0.0686. The van der Waals surface area contributed by atoms with Crippen LogP contribution in [0.5, 0.6) is 0 Å². The number of likely N-dealkylation sites (N-methyl/N-ethyl adjacent to an activating group) is 1. The van der Waals surface area contributed by atoms with Crippen LogP contribution in [0.25, 0.3) is 22.1 Å². The topological polar surface area (TPSA) is 93.7 Å². The van der Waals surface area contributed by atoms with Gasteiger partial charge in [-0.2, -0.15) is 10.2 Å². The standard InChI is InChI=1S/C15H15ClFN5.C12H14ClF2N5/c1-21(9-11-2-4-12(17)5-3-11)6-7-22-15-13(8-20-22)14(16)18-10-19-15;13-10-9-7-18-20(11(9)17-8-16-10)6-5-19-3-1-12(14,15)2-4-19/h2-5,8,10H,6-7,9H2,1H3;7-8H,1-6H2. The highest BCUT2D eigenvalue weighted by Crippen LogP contribution is 2.27. The van der Waals surface area contributed by atoms with Crippen molar-refractivity contribution in [3.05, 3.63) is 71.0 Å². The Hall–Kier alpha value is -3.39. The zero-order valence-corrected chi connectivity index (χ0v) is 24.4. The first-order chi connectivity index (χ1) is 20.2. The van der Waals surface area contributed by atoms with Gasteiger partial charge in [0, 0.05) is 45.6 Å². The molecule has 1 aliphatic rings. The van der Waals surface area contributed by atoms with Crippen LogP contribution in [-0.4, -0.2) is 88.4 Å². The van der Waals surface area contributed by atoms with E-state index in [1.165, 1.54) is 24.8 Å². The maximum Gasteiger partial charge on any atom is 0.250 e. The Morgan fingerprint density at radius 3 is 1.93 bits per heavy atom. The summed E-state index contributed by atoms with van der Waals surface area (Å²) in [6.45, 7) is 4.33. The van der Waals surface area contributed by atoms with Crippen molar-refractivity contribution in [2.45, 2.75) is 38.4 Å². The zero-order valence-electron chi connectivity index (χ0n) is 22.8. The van der Waals surface area contributed by atoms with Gasteiger partial charge in [0.2, 0.25) is 0 Å². The van der Waals surface area contributed by atoms with E-state index < -0.39 is 5.92 Å². The van der Waals surface area contributed by atoms with Gasteiger partial charge in [0.1, 0.15) is 28.8 Å². The van der Waals surface area contributed by atoms with E-state index in [-0.39, 0.29) is 18.7 Å². The largest absolute Gasteiger partial charge is 0.301 e. The molecular formula is C27H29Cl2F3N10. The first-order valence-corrected chi connectivity index (χ1v) is 14.1. The Bertz CT molecular complexity index is 1620. The van der Waals surface area contributed by atoms with E-state index in [4.69, 9.17) is 23.2 Å². The molecule has 15 heteroatoms. The Balaban J connectivity index is 0.000000169. The van der Waals surface area contributed by atoms with Gasteiger partial charge in [-0.3, -0.25) is 0 Å². The lowest BCUT2D eigenvalue weighted by atomic mass is 10.1. The summed E-state index contributed by atoms with van der Waals surface area (Å²) in [6.07, 6.45) is 6.00. The van der Waals surface area contributed by atoms with Gasteiger partial charge in [-0.15, -0.1) is 0 Å². The molecule has 0 radical (unpaired) electrons. The van der Waals surface area contributed by atoms with Gasteiger partial charge in [0.25, 0.3) is 5.92 Å². The quantitative estimate of drug-likeness (QED) is 0.225. The highest BCUT2D eigenvalue weighted by atomic mass is 35.5. The molecule has 0 N–H and O–H groups in total. The summed E-state index contributed by atoms with van der Waals surface area (Å²) in [5, 5.41) is 10.8. The Morgan fingerprint density at radius 2 is 1.36 bits per heavy atom. The van der Waals surface area contributed by atoms with E-state index in [1.807, 2.05) is 16.6 Å². The van der Waals surface area contributed by atoms with E-state index in [9.17, 15) is 13.2 Å². The zero-order chi connectivity index (χ0) is 29.7. The molecule has 42 heavy (non-hydrogen) atoms.